The summed E-state index contributed by atoms with van der Waals surface area (Å²) in [6.07, 6.45) is 0.902. The van der Waals surface area contributed by atoms with Crippen LogP contribution < -0.4 is 24.6 Å². The molecule has 0 unspecified atom stereocenters. The summed E-state index contributed by atoms with van der Waals surface area (Å²) in [5.41, 5.74) is -1.48. The van der Waals surface area contributed by atoms with E-state index in [1.165, 1.54) is 44.4 Å². The van der Waals surface area contributed by atoms with Gasteiger partial charge in [0, 0.05) is 6.07 Å². The first-order valence-corrected chi connectivity index (χ1v) is 21.8. The molecule has 0 spiro atoms. The van der Waals surface area contributed by atoms with Gasteiger partial charge in [-0.2, -0.15) is 40.8 Å². The number of anilines is 2. The lowest BCUT2D eigenvalue weighted by atomic mass is 10.2. The lowest BCUT2D eigenvalue weighted by Gasteiger charge is -2.10. The molecule has 0 atom stereocenters. The molecule has 3 aromatic heterocycles. The smallest absolute Gasteiger partial charge is 0.355 e. The molecular weight excluding hydrogens is 988 g/mol. The molecule has 0 bridgehead atoms. The number of nitrogens with zero attached hydrogens (tertiary/aromatic N) is 7. The van der Waals surface area contributed by atoms with Crippen molar-refractivity contribution in [3.8, 4) is 17.4 Å². The minimum Gasteiger partial charge on any atom is -0.494 e. The van der Waals surface area contributed by atoms with Crippen molar-refractivity contribution >= 4 is 113 Å². The number of para-hydroxylation sites is 1. The van der Waals surface area contributed by atoms with Crippen LogP contribution in [0, 0.1) is 12.9 Å². The number of sulfonamides is 2. The van der Waals surface area contributed by atoms with Crippen molar-refractivity contribution in [2.24, 2.45) is 0 Å². The van der Waals surface area contributed by atoms with Crippen molar-refractivity contribution in [1.82, 2.24) is 33.9 Å². The van der Waals surface area contributed by atoms with E-state index < -0.39 is 49.4 Å². The van der Waals surface area contributed by atoms with Gasteiger partial charge in [0.1, 0.15) is 11.4 Å². The Hall–Kier alpha value is -4.75. The number of carbonyl (C=O) groups is 1. The molecule has 0 aliphatic heterocycles. The average Bonchev–Trinajstić information content (AvgIpc) is 3.72. The molecule has 18 nitrogen and oxygen atoms in total. The van der Waals surface area contributed by atoms with Crippen LogP contribution in [0.25, 0.3) is 11.3 Å². The number of halogens is 9. The summed E-state index contributed by atoms with van der Waals surface area (Å²) in [6, 6.07) is 10.4. The number of rotatable bonds is 11. The van der Waals surface area contributed by atoms with Crippen LogP contribution in [0.3, 0.4) is 0 Å². The Morgan fingerprint density at radius 1 is 0.885 bits per heavy atom. The number of carboxylic acids is 1. The minimum absolute atomic E-state index is 0.0148. The highest BCUT2D eigenvalue weighted by Crippen LogP contribution is 2.35. The number of hydrogen-bond donors (Lipinski definition) is 3. The molecular formula is C32H26Cl6F3N9O9S2. The first-order chi connectivity index (χ1) is 28.4. The van der Waals surface area contributed by atoms with Crippen molar-refractivity contribution in [3.63, 3.8) is 0 Å². The number of methoxy groups -OCH3 is 1. The molecule has 0 saturated carbocycles. The maximum atomic E-state index is 13.5. The fourth-order valence-electron chi connectivity index (χ4n) is 4.70. The summed E-state index contributed by atoms with van der Waals surface area (Å²) < 4.78 is 103. The van der Waals surface area contributed by atoms with Gasteiger partial charge in [-0.25, -0.2) is 22.6 Å². The molecule has 3 N–H and O–H groups in total. The lowest BCUT2D eigenvalue weighted by molar-refractivity contribution is 0.0639. The largest absolute Gasteiger partial charge is 0.494 e. The van der Waals surface area contributed by atoms with E-state index in [2.05, 4.69) is 29.6 Å². The van der Waals surface area contributed by atoms with E-state index in [9.17, 15) is 39.6 Å². The highest BCUT2D eigenvalue weighted by molar-refractivity contribution is 7.92. The zero-order valence-corrected chi connectivity index (χ0v) is 37.1. The highest BCUT2D eigenvalue weighted by Gasteiger charge is 2.25. The standard InChI is InChI=1S/C13H10Cl2FN5O3S.C11H10Cl2F2N4O3S.C8H6Cl2O3/c1-2-24-13-17-9(16)6-10-18-12(19-21(10)13)25(22,23)20-11-7(14)4-3-5-8(11)15;1-5-16-19(11(20)18(5)10(14)15)9-4-8(17-23(2,21)22)6(12)3-7(9)13;1-13-7-5(10)3-2-4(9)6(7)8(11)12/h3-6,20H,2H2,1H3;3-4,10,17H,1-2H3;2-3H,1H3,(H,11,12). The van der Waals surface area contributed by atoms with Crippen LogP contribution in [0.4, 0.5) is 24.5 Å². The normalized spacial score (nSPS) is 11.4. The van der Waals surface area contributed by atoms with E-state index >= 15 is 0 Å². The second kappa shape index (κ2) is 20.0. The fourth-order valence-corrected chi connectivity index (χ4v) is 7.88. The molecule has 61 heavy (non-hydrogen) atoms. The Morgan fingerprint density at radius 3 is 2.03 bits per heavy atom. The molecule has 3 aromatic carbocycles. The molecule has 6 aromatic rings. The first-order valence-electron chi connectivity index (χ1n) is 16.1. The van der Waals surface area contributed by atoms with Crippen LogP contribution in [0.5, 0.6) is 11.8 Å². The van der Waals surface area contributed by atoms with E-state index in [-0.39, 0.29) is 87.2 Å². The summed E-state index contributed by atoms with van der Waals surface area (Å²) in [5, 5.41) is 16.1. The number of carboxylic acid groups (broad SMARTS) is 1. The van der Waals surface area contributed by atoms with Gasteiger partial charge in [-0.1, -0.05) is 75.7 Å². The predicted octanol–water partition coefficient (Wildman–Crippen LogP) is 7.89. The number of nitrogens with one attached hydrogen (secondary N) is 2. The van der Waals surface area contributed by atoms with Gasteiger partial charge in [0.2, 0.25) is 16.0 Å². The van der Waals surface area contributed by atoms with Crippen LogP contribution in [-0.2, 0) is 20.0 Å². The van der Waals surface area contributed by atoms with Crippen LogP contribution in [-0.4, -0.2) is 81.8 Å². The minimum atomic E-state index is -4.23. The quantitative estimate of drug-likeness (QED) is 0.105. The lowest BCUT2D eigenvalue weighted by Crippen LogP contribution is -2.25. The average molecular weight is 1010 g/mol. The Labute approximate surface area is 372 Å². The monoisotopic (exact) mass is 1010 g/mol. The van der Waals surface area contributed by atoms with Crippen LogP contribution in [0.15, 0.2) is 58.5 Å². The van der Waals surface area contributed by atoms with Crippen molar-refractivity contribution in [2.45, 2.75) is 25.6 Å². The fraction of sp³-hybridized carbons (Fsp3) is 0.188. The van der Waals surface area contributed by atoms with Crippen molar-refractivity contribution < 1.29 is 49.4 Å². The summed E-state index contributed by atoms with van der Waals surface area (Å²) in [6.45, 7) is -0.00526. The van der Waals surface area contributed by atoms with Gasteiger partial charge >= 0.3 is 24.2 Å². The second-order valence-corrected chi connectivity index (χ2v) is 17.2. The predicted molar refractivity (Wildman–Crippen MR) is 221 cm³/mol. The zero-order chi connectivity index (χ0) is 45.7. The third-order valence-corrected chi connectivity index (χ3v) is 10.7. The molecule has 0 amide bonds. The number of hydrogen-bond acceptors (Lipinski definition) is 12. The summed E-state index contributed by atoms with van der Waals surface area (Å²) in [5.74, 6) is -2.19. The van der Waals surface area contributed by atoms with Crippen LogP contribution >= 0.6 is 69.6 Å². The maximum absolute atomic E-state index is 13.5. The number of aromatic carboxylic acids is 1. The molecule has 6 rings (SSSR count). The number of ether oxygens (including phenoxy) is 2. The Kier molecular flexibility index (Phi) is 16.0. The van der Waals surface area contributed by atoms with Gasteiger partial charge < -0.3 is 14.6 Å². The van der Waals surface area contributed by atoms with Gasteiger partial charge in [-0.05, 0) is 50.2 Å². The Morgan fingerprint density at radius 2 is 1.51 bits per heavy atom. The van der Waals surface area contributed by atoms with Gasteiger partial charge in [0.25, 0.3) is 15.2 Å². The second-order valence-electron chi connectivity index (χ2n) is 11.5. The van der Waals surface area contributed by atoms with E-state index in [1.807, 2.05) is 0 Å². The summed E-state index contributed by atoms with van der Waals surface area (Å²) in [4.78, 5) is 30.1. The van der Waals surface area contributed by atoms with E-state index in [4.69, 9.17) is 84.2 Å². The number of benzene rings is 3. The van der Waals surface area contributed by atoms with Gasteiger partial charge in [0.15, 0.2) is 11.4 Å². The molecule has 0 aliphatic carbocycles. The van der Waals surface area contributed by atoms with E-state index in [0.717, 1.165) is 22.9 Å². The van der Waals surface area contributed by atoms with Gasteiger partial charge in [0.05, 0.1) is 67.2 Å². The van der Waals surface area contributed by atoms with Gasteiger partial charge in [-0.3, -0.25) is 9.44 Å². The molecule has 0 aliphatic rings. The number of alkyl halides is 2. The first kappa shape index (κ1) is 48.9. The molecule has 0 radical (unpaired) electrons. The molecule has 0 saturated heterocycles. The third kappa shape index (κ3) is 11.8. The highest BCUT2D eigenvalue weighted by atomic mass is 35.5. The Balaban J connectivity index is 0.000000212. The number of aryl methyl sites for hydroxylation is 1. The van der Waals surface area contributed by atoms with Crippen molar-refractivity contribution in [1.29, 1.82) is 0 Å². The zero-order valence-electron chi connectivity index (χ0n) is 31.0. The van der Waals surface area contributed by atoms with Crippen molar-refractivity contribution in [2.75, 3.05) is 29.4 Å². The Bertz CT molecular complexity index is 2900. The molecule has 0 fully saturated rings. The van der Waals surface area contributed by atoms with Crippen LogP contribution in [0.2, 0.25) is 30.1 Å². The number of aromatic nitrogens is 7. The molecule has 29 heteroatoms. The van der Waals surface area contributed by atoms with Crippen molar-refractivity contribution in [3.05, 3.63) is 106 Å². The van der Waals surface area contributed by atoms with Gasteiger partial charge in [-0.15, -0.1) is 10.2 Å². The summed E-state index contributed by atoms with van der Waals surface area (Å²) >= 11 is 35.1. The molecule has 3 heterocycles. The van der Waals surface area contributed by atoms with E-state index in [0.29, 0.717) is 4.68 Å². The maximum Gasteiger partial charge on any atom is 0.355 e. The number of fused-ring (bicyclic) bond motifs is 1. The molecule has 328 valence electrons. The topological polar surface area (TPSA) is 231 Å². The summed E-state index contributed by atoms with van der Waals surface area (Å²) in [7, 11) is -6.54. The SMILES string of the molecule is CCOc1nc(F)cc2nc(S(=O)(=O)Nc3c(Cl)cccc3Cl)nn12.COc1c(Cl)ccc(Cl)c1C(=O)O.Cc1nn(-c2cc(NS(C)(=O)=O)c(Cl)cc2Cl)c(=O)n1C(F)F. The third-order valence-electron chi connectivity index (χ3n) is 7.17. The van der Waals surface area contributed by atoms with Crippen LogP contribution in [0.1, 0.15) is 29.7 Å². The van der Waals surface area contributed by atoms with E-state index in [1.54, 1.807) is 13.0 Å².